The maximum absolute atomic E-state index is 12.6. The summed E-state index contributed by atoms with van der Waals surface area (Å²) in [7, 11) is 0. The van der Waals surface area contributed by atoms with E-state index in [0.717, 1.165) is 5.56 Å². The van der Waals surface area contributed by atoms with Crippen LogP contribution in [0.25, 0.3) is 0 Å². The van der Waals surface area contributed by atoms with Crippen molar-refractivity contribution in [3.8, 4) is 0 Å². The normalized spacial score (nSPS) is 20.0. The fourth-order valence-corrected chi connectivity index (χ4v) is 3.34. The average Bonchev–Trinajstić information content (AvgIpc) is 3.03. The van der Waals surface area contributed by atoms with E-state index in [1.807, 2.05) is 19.1 Å². The Balaban J connectivity index is 1.67. The van der Waals surface area contributed by atoms with Crippen molar-refractivity contribution in [3.63, 3.8) is 0 Å². The van der Waals surface area contributed by atoms with Crippen molar-refractivity contribution in [2.24, 2.45) is 11.8 Å². The number of likely N-dealkylation sites (tertiary alicyclic amines) is 1. The molecular formula is C18H21ClN4O3. The van der Waals surface area contributed by atoms with Crippen LogP contribution in [0.3, 0.4) is 0 Å². The molecule has 2 amide bonds. The molecule has 1 aromatic heterocycles. The van der Waals surface area contributed by atoms with Crippen LogP contribution in [0.5, 0.6) is 0 Å². The number of carbonyl (C=O) groups excluding carboxylic acids is 1. The molecule has 0 spiro atoms. The number of aliphatic carboxylic acids is 1. The van der Waals surface area contributed by atoms with Gasteiger partial charge in [0.05, 0.1) is 18.7 Å². The second-order valence-corrected chi connectivity index (χ2v) is 7.15. The predicted molar refractivity (Wildman–Crippen MR) is 98.3 cm³/mol. The first kappa shape index (κ1) is 18.3. The Morgan fingerprint density at radius 3 is 2.69 bits per heavy atom. The quantitative estimate of drug-likeness (QED) is 0.858. The Morgan fingerprint density at radius 1 is 1.27 bits per heavy atom. The maximum atomic E-state index is 12.6. The molecule has 2 unspecified atom stereocenters. The van der Waals surface area contributed by atoms with E-state index in [1.54, 1.807) is 34.0 Å². The van der Waals surface area contributed by atoms with Gasteiger partial charge in [0.1, 0.15) is 5.82 Å². The smallest absolute Gasteiger partial charge is 0.323 e. The summed E-state index contributed by atoms with van der Waals surface area (Å²) in [4.78, 5) is 25.4. The first-order valence-corrected chi connectivity index (χ1v) is 8.85. The van der Waals surface area contributed by atoms with Gasteiger partial charge in [-0.05, 0) is 30.0 Å². The van der Waals surface area contributed by atoms with E-state index in [9.17, 15) is 14.7 Å². The molecule has 2 aromatic rings. The molecule has 2 N–H and O–H groups in total. The molecule has 0 saturated carbocycles. The fourth-order valence-electron chi connectivity index (χ4n) is 3.21. The number of carbonyl (C=O) groups is 2. The summed E-state index contributed by atoms with van der Waals surface area (Å²) in [5.74, 6) is -0.671. The van der Waals surface area contributed by atoms with Crippen LogP contribution in [-0.4, -0.2) is 44.9 Å². The molecule has 0 bridgehead atoms. The van der Waals surface area contributed by atoms with Crippen LogP contribution in [0, 0.1) is 11.8 Å². The number of anilines is 1. The number of carboxylic acid groups (broad SMARTS) is 1. The van der Waals surface area contributed by atoms with Crippen LogP contribution in [0.1, 0.15) is 18.9 Å². The number of urea groups is 1. The summed E-state index contributed by atoms with van der Waals surface area (Å²) in [6, 6.07) is 8.83. The minimum absolute atomic E-state index is 0.148. The lowest BCUT2D eigenvalue weighted by molar-refractivity contribution is -0.143. The molecule has 3 rings (SSSR count). The Morgan fingerprint density at radius 2 is 2.00 bits per heavy atom. The first-order chi connectivity index (χ1) is 12.4. The predicted octanol–water partition coefficient (Wildman–Crippen LogP) is 3.16. The number of carboxylic acids is 1. The highest BCUT2D eigenvalue weighted by Gasteiger charge is 2.32. The van der Waals surface area contributed by atoms with Gasteiger partial charge in [-0.1, -0.05) is 30.7 Å². The number of amides is 2. The van der Waals surface area contributed by atoms with Gasteiger partial charge in [0, 0.05) is 24.2 Å². The van der Waals surface area contributed by atoms with Gasteiger partial charge in [-0.15, -0.1) is 0 Å². The molecule has 138 valence electrons. The van der Waals surface area contributed by atoms with E-state index in [0.29, 0.717) is 30.4 Å². The largest absolute Gasteiger partial charge is 0.481 e. The van der Waals surface area contributed by atoms with Gasteiger partial charge in [0.2, 0.25) is 0 Å². The van der Waals surface area contributed by atoms with Gasteiger partial charge in [-0.25, -0.2) is 9.48 Å². The number of benzene rings is 1. The molecule has 26 heavy (non-hydrogen) atoms. The number of aromatic nitrogens is 2. The Kier molecular flexibility index (Phi) is 5.46. The monoisotopic (exact) mass is 376 g/mol. The van der Waals surface area contributed by atoms with Crippen molar-refractivity contribution < 1.29 is 14.7 Å². The number of hydrogen-bond acceptors (Lipinski definition) is 3. The van der Waals surface area contributed by atoms with E-state index in [-0.39, 0.29) is 18.5 Å². The van der Waals surface area contributed by atoms with Crippen molar-refractivity contribution in [2.75, 3.05) is 18.4 Å². The Labute approximate surface area is 156 Å². The second-order valence-electron chi connectivity index (χ2n) is 6.71. The number of hydrogen-bond donors (Lipinski definition) is 2. The Hall–Kier alpha value is -2.54. The molecule has 0 radical (unpaired) electrons. The van der Waals surface area contributed by atoms with Crippen LogP contribution in [0.15, 0.2) is 36.5 Å². The van der Waals surface area contributed by atoms with Crippen LogP contribution >= 0.6 is 11.6 Å². The molecule has 7 nitrogen and oxygen atoms in total. The molecule has 8 heteroatoms. The molecule has 1 aliphatic rings. The first-order valence-electron chi connectivity index (χ1n) is 8.47. The average molecular weight is 377 g/mol. The van der Waals surface area contributed by atoms with Crippen LogP contribution < -0.4 is 5.32 Å². The van der Waals surface area contributed by atoms with Gasteiger partial charge < -0.3 is 10.0 Å². The lowest BCUT2D eigenvalue weighted by atomic mass is 9.91. The summed E-state index contributed by atoms with van der Waals surface area (Å²) < 4.78 is 1.68. The number of halogens is 1. The van der Waals surface area contributed by atoms with Gasteiger partial charge in [0.25, 0.3) is 0 Å². The van der Waals surface area contributed by atoms with E-state index in [4.69, 9.17) is 11.6 Å². The zero-order valence-electron chi connectivity index (χ0n) is 14.4. The van der Waals surface area contributed by atoms with Crippen molar-refractivity contribution in [3.05, 3.63) is 47.1 Å². The summed E-state index contributed by atoms with van der Waals surface area (Å²) in [5, 5.41) is 17.0. The molecule has 2 heterocycles. The molecule has 1 saturated heterocycles. The topological polar surface area (TPSA) is 87.5 Å². The SMILES string of the molecule is CC1CC(C(=O)O)CN(C(=O)Nc2ccnn2Cc2ccc(Cl)cc2)C1. The zero-order chi connectivity index (χ0) is 18.7. The van der Waals surface area contributed by atoms with Crippen LogP contribution in [0.4, 0.5) is 10.6 Å². The number of nitrogens with zero attached hydrogens (tertiary/aromatic N) is 3. The number of nitrogens with one attached hydrogen (secondary N) is 1. The summed E-state index contributed by atoms with van der Waals surface area (Å²) in [5.41, 5.74) is 1.01. The van der Waals surface area contributed by atoms with Crippen molar-refractivity contribution in [1.29, 1.82) is 0 Å². The number of rotatable bonds is 4. The minimum atomic E-state index is -0.859. The molecular weight excluding hydrogens is 356 g/mol. The van der Waals surface area contributed by atoms with Gasteiger partial charge in [-0.2, -0.15) is 5.10 Å². The van der Waals surface area contributed by atoms with Crippen molar-refractivity contribution in [1.82, 2.24) is 14.7 Å². The summed E-state index contributed by atoms with van der Waals surface area (Å²) in [6.45, 7) is 3.21. The molecule has 1 fully saturated rings. The minimum Gasteiger partial charge on any atom is -0.481 e. The fraction of sp³-hybridized carbons (Fsp3) is 0.389. The number of piperidine rings is 1. The Bertz CT molecular complexity index is 790. The van der Waals surface area contributed by atoms with Gasteiger partial charge in [-0.3, -0.25) is 10.1 Å². The van der Waals surface area contributed by atoms with E-state index in [1.165, 1.54) is 0 Å². The van der Waals surface area contributed by atoms with E-state index < -0.39 is 11.9 Å². The third kappa shape index (κ3) is 4.35. The van der Waals surface area contributed by atoms with Crippen molar-refractivity contribution >= 4 is 29.4 Å². The zero-order valence-corrected chi connectivity index (χ0v) is 15.2. The van der Waals surface area contributed by atoms with Crippen LogP contribution in [-0.2, 0) is 11.3 Å². The van der Waals surface area contributed by atoms with E-state index in [2.05, 4.69) is 10.4 Å². The molecule has 1 aliphatic heterocycles. The van der Waals surface area contributed by atoms with Gasteiger partial charge in [0.15, 0.2) is 0 Å². The molecule has 1 aromatic carbocycles. The lowest BCUT2D eigenvalue weighted by Gasteiger charge is -2.34. The van der Waals surface area contributed by atoms with E-state index >= 15 is 0 Å². The standard InChI is InChI=1S/C18H21ClN4O3/c1-12-8-14(17(24)25)11-22(9-12)18(26)21-16-6-7-20-23(16)10-13-2-4-15(19)5-3-13/h2-7,12,14H,8-11H2,1H3,(H,21,26)(H,24,25). The maximum Gasteiger partial charge on any atom is 0.323 e. The summed E-state index contributed by atoms with van der Waals surface area (Å²) in [6.07, 6.45) is 2.21. The molecule has 0 aliphatic carbocycles. The van der Waals surface area contributed by atoms with Gasteiger partial charge >= 0.3 is 12.0 Å². The van der Waals surface area contributed by atoms with Crippen LogP contribution in [0.2, 0.25) is 5.02 Å². The molecule has 2 atom stereocenters. The highest BCUT2D eigenvalue weighted by molar-refractivity contribution is 6.30. The lowest BCUT2D eigenvalue weighted by Crippen LogP contribution is -2.47. The summed E-state index contributed by atoms with van der Waals surface area (Å²) >= 11 is 5.90. The third-order valence-corrected chi connectivity index (χ3v) is 4.75. The highest BCUT2D eigenvalue weighted by atomic mass is 35.5. The third-order valence-electron chi connectivity index (χ3n) is 4.49. The highest BCUT2D eigenvalue weighted by Crippen LogP contribution is 2.23. The second kappa shape index (κ2) is 7.78. The van der Waals surface area contributed by atoms with Crippen molar-refractivity contribution in [2.45, 2.75) is 19.9 Å².